The minimum Gasteiger partial charge on any atom is -0.443 e. The van der Waals surface area contributed by atoms with Gasteiger partial charge in [0.25, 0.3) is 5.69 Å². The summed E-state index contributed by atoms with van der Waals surface area (Å²) >= 11 is 3.13. The van der Waals surface area contributed by atoms with Crippen LogP contribution in [0.2, 0.25) is 0 Å². The smallest absolute Gasteiger partial charge is 0.424 e. The molecule has 0 radical (unpaired) electrons. The Kier molecular flexibility index (Phi) is 6.17. The maximum Gasteiger partial charge on any atom is 0.424 e. The normalized spacial score (nSPS) is 11.6. The summed E-state index contributed by atoms with van der Waals surface area (Å²) in [7, 11) is 0. The first-order valence-electron chi connectivity index (χ1n) is 7.41. The van der Waals surface area contributed by atoms with Crippen LogP contribution in [-0.4, -0.2) is 28.3 Å². The number of rotatable bonds is 2. The molecule has 0 bridgehead atoms. The van der Waals surface area contributed by atoms with Crippen molar-refractivity contribution in [1.29, 1.82) is 0 Å². The minimum atomic E-state index is -1.06. The van der Waals surface area contributed by atoms with Crippen molar-refractivity contribution >= 4 is 39.5 Å². The highest BCUT2D eigenvalue weighted by Crippen LogP contribution is 2.33. The van der Waals surface area contributed by atoms with Crippen LogP contribution in [0.3, 0.4) is 0 Å². The van der Waals surface area contributed by atoms with Gasteiger partial charge in [-0.2, -0.15) is 4.90 Å². The van der Waals surface area contributed by atoms with E-state index in [1.165, 1.54) is 18.2 Å². The molecule has 1 aromatic rings. The molecule has 0 spiro atoms. The highest BCUT2D eigenvalue weighted by atomic mass is 79.9. The molecule has 0 aliphatic heterocycles. The van der Waals surface area contributed by atoms with E-state index in [2.05, 4.69) is 15.9 Å². The molecule has 0 atom stereocenters. The van der Waals surface area contributed by atoms with Crippen LogP contribution >= 0.6 is 15.9 Å². The van der Waals surface area contributed by atoms with E-state index in [1.54, 1.807) is 41.5 Å². The summed E-state index contributed by atoms with van der Waals surface area (Å²) in [5.41, 5.74) is -2.48. The summed E-state index contributed by atoms with van der Waals surface area (Å²) in [6.45, 7) is 9.72. The van der Waals surface area contributed by atoms with Crippen molar-refractivity contribution in [3.05, 3.63) is 32.8 Å². The third-order valence-corrected chi connectivity index (χ3v) is 3.02. The predicted octanol–water partition coefficient (Wildman–Crippen LogP) is 5.03. The maximum absolute atomic E-state index is 12.5. The molecule has 0 N–H and O–H groups in total. The second-order valence-electron chi connectivity index (χ2n) is 7.19. The van der Waals surface area contributed by atoms with Crippen molar-refractivity contribution in [3.63, 3.8) is 0 Å². The van der Waals surface area contributed by atoms with Gasteiger partial charge in [0.2, 0.25) is 0 Å². The van der Waals surface area contributed by atoms with Crippen LogP contribution in [0.5, 0.6) is 0 Å². The molecule has 0 fully saturated rings. The Morgan fingerprint density at radius 3 is 1.84 bits per heavy atom. The molecule has 1 aromatic carbocycles. The molecule has 138 valence electrons. The molecule has 0 aliphatic rings. The zero-order valence-electron chi connectivity index (χ0n) is 15.0. The Bertz CT molecular complexity index is 663. The summed E-state index contributed by atoms with van der Waals surface area (Å²) in [5, 5.41) is 11.3. The first kappa shape index (κ1) is 20.9. The van der Waals surface area contributed by atoms with Gasteiger partial charge in [-0.15, -0.1) is 0 Å². The van der Waals surface area contributed by atoms with E-state index in [9.17, 15) is 19.7 Å². The molecule has 0 aliphatic carbocycles. The van der Waals surface area contributed by atoms with Gasteiger partial charge in [-0.1, -0.05) is 15.9 Å². The first-order valence-corrected chi connectivity index (χ1v) is 8.20. The summed E-state index contributed by atoms with van der Waals surface area (Å²) in [5.74, 6) is 0. The summed E-state index contributed by atoms with van der Waals surface area (Å²) in [6, 6.07) is 3.94. The van der Waals surface area contributed by atoms with Crippen molar-refractivity contribution in [2.75, 3.05) is 4.90 Å². The summed E-state index contributed by atoms with van der Waals surface area (Å²) in [6.07, 6.45) is -2.13. The lowest BCUT2D eigenvalue weighted by molar-refractivity contribution is -0.384. The van der Waals surface area contributed by atoms with Crippen LogP contribution in [0, 0.1) is 10.1 Å². The first-order chi connectivity index (χ1) is 11.2. The average molecular weight is 417 g/mol. The van der Waals surface area contributed by atoms with Gasteiger partial charge >= 0.3 is 12.2 Å². The number of benzene rings is 1. The van der Waals surface area contributed by atoms with E-state index in [-0.39, 0.29) is 5.69 Å². The lowest BCUT2D eigenvalue weighted by atomic mass is 10.2. The van der Waals surface area contributed by atoms with E-state index >= 15 is 0 Å². The van der Waals surface area contributed by atoms with E-state index in [0.29, 0.717) is 9.37 Å². The highest BCUT2D eigenvalue weighted by Gasteiger charge is 2.36. The van der Waals surface area contributed by atoms with Gasteiger partial charge in [0.15, 0.2) is 0 Å². The molecular formula is C16H21BrN2O6. The number of nitrogens with zero attached hydrogens (tertiary/aromatic N) is 2. The second kappa shape index (κ2) is 7.38. The fraction of sp³-hybridized carbons (Fsp3) is 0.500. The molecule has 25 heavy (non-hydrogen) atoms. The Labute approximate surface area is 154 Å². The number of carbonyl (C=O) groups excluding carboxylic acids is 2. The van der Waals surface area contributed by atoms with Gasteiger partial charge in [-0.25, -0.2) is 9.59 Å². The molecule has 8 nitrogen and oxygen atoms in total. The zero-order chi connectivity index (χ0) is 19.6. The Hall–Kier alpha value is -2.16. The summed E-state index contributed by atoms with van der Waals surface area (Å²) in [4.78, 5) is 36.2. The molecule has 0 unspecified atom stereocenters. The zero-order valence-corrected chi connectivity index (χ0v) is 16.5. The van der Waals surface area contributed by atoms with Crippen LogP contribution in [0.1, 0.15) is 41.5 Å². The number of imide groups is 1. The van der Waals surface area contributed by atoms with Gasteiger partial charge in [0.05, 0.1) is 4.92 Å². The number of nitro benzene ring substituents is 1. The van der Waals surface area contributed by atoms with Gasteiger partial charge in [-0.05, 0) is 53.7 Å². The monoisotopic (exact) mass is 416 g/mol. The van der Waals surface area contributed by atoms with E-state index in [0.717, 1.165) is 0 Å². The van der Waals surface area contributed by atoms with Gasteiger partial charge in [0, 0.05) is 10.5 Å². The van der Waals surface area contributed by atoms with Crippen molar-refractivity contribution in [1.82, 2.24) is 0 Å². The van der Waals surface area contributed by atoms with Crippen LogP contribution in [-0.2, 0) is 9.47 Å². The number of anilines is 1. The van der Waals surface area contributed by atoms with Crippen LogP contribution < -0.4 is 4.90 Å². The van der Waals surface area contributed by atoms with Crippen molar-refractivity contribution in [2.45, 2.75) is 52.7 Å². The Balaban J connectivity index is 3.44. The van der Waals surface area contributed by atoms with Crippen molar-refractivity contribution < 1.29 is 24.0 Å². The molecular weight excluding hydrogens is 396 g/mol. The van der Waals surface area contributed by atoms with E-state index in [4.69, 9.17) is 9.47 Å². The molecule has 0 aromatic heterocycles. The average Bonchev–Trinajstić information content (AvgIpc) is 2.36. The Morgan fingerprint density at radius 2 is 1.48 bits per heavy atom. The van der Waals surface area contributed by atoms with Crippen molar-refractivity contribution in [3.8, 4) is 0 Å². The highest BCUT2D eigenvalue weighted by molar-refractivity contribution is 9.10. The van der Waals surface area contributed by atoms with E-state index < -0.39 is 34.0 Å². The minimum absolute atomic E-state index is 0.239. The van der Waals surface area contributed by atoms with Gasteiger partial charge in [0.1, 0.15) is 16.9 Å². The number of hydrogen-bond acceptors (Lipinski definition) is 6. The molecule has 0 saturated carbocycles. The molecule has 0 saturated heterocycles. The van der Waals surface area contributed by atoms with Crippen LogP contribution in [0.25, 0.3) is 0 Å². The molecule has 2 amide bonds. The predicted molar refractivity (Wildman–Crippen MR) is 95.7 cm³/mol. The maximum atomic E-state index is 12.5. The van der Waals surface area contributed by atoms with Crippen LogP contribution in [0.15, 0.2) is 22.7 Å². The number of hydrogen-bond donors (Lipinski definition) is 0. The lowest BCUT2D eigenvalue weighted by Gasteiger charge is -2.28. The largest absolute Gasteiger partial charge is 0.443 e. The third-order valence-electron chi connectivity index (χ3n) is 2.53. The summed E-state index contributed by atoms with van der Waals surface area (Å²) < 4.78 is 10.8. The fourth-order valence-electron chi connectivity index (χ4n) is 1.72. The SMILES string of the molecule is CC(C)(C)OC(=O)N(C(=O)OC(C)(C)C)c1ccc(Br)cc1[N+](=O)[O-]. The van der Waals surface area contributed by atoms with Crippen LogP contribution in [0.4, 0.5) is 21.0 Å². The topological polar surface area (TPSA) is 99.0 Å². The second-order valence-corrected chi connectivity index (χ2v) is 8.10. The number of nitro groups is 1. The Morgan fingerprint density at radius 1 is 1.04 bits per heavy atom. The quantitative estimate of drug-likeness (QED) is 0.494. The molecule has 1 rings (SSSR count). The van der Waals surface area contributed by atoms with Gasteiger partial charge in [-0.3, -0.25) is 10.1 Å². The fourth-order valence-corrected chi connectivity index (χ4v) is 2.07. The lowest BCUT2D eigenvalue weighted by Crippen LogP contribution is -2.44. The standard InChI is InChI=1S/C16H21BrN2O6/c1-15(2,3)24-13(20)18(14(21)25-16(4,5)6)11-8-7-10(17)9-12(11)19(22)23/h7-9H,1-6H3. The van der Waals surface area contributed by atoms with Gasteiger partial charge < -0.3 is 9.47 Å². The molecule has 0 heterocycles. The third kappa shape index (κ3) is 6.33. The number of halogens is 1. The van der Waals surface area contributed by atoms with Crippen molar-refractivity contribution in [2.24, 2.45) is 0 Å². The number of carbonyl (C=O) groups is 2. The number of amides is 2. The van der Waals surface area contributed by atoms with E-state index in [1.807, 2.05) is 0 Å². The number of ether oxygens (including phenoxy) is 2. The molecule has 9 heteroatoms.